The van der Waals surface area contributed by atoms with Crippen LogP contribution in [-0.2, 0) is 12.8 Å². The Morgan fingerprint density at radius 3 is 0.900 bits per heavy atom. The molecule has 7 aromatic carbocycles. The molecule has 0 aliphatic heterocycles. The summed E-state index contributed by atoms with van der Waals surface area (Å²) >= 11 is 0. The van der Waals surface area contributed by atoms with Crippen LogP contribution in [0.1, 0.15) is 22.3 Å². The molecule has 9 aromatic rings. The third-order valence-electron chi connectivity index (χ3n) is 9.82. The Balaban J connectivity index is 1.26. The molecule has 238 valence electrons. The molecule has 2 heterocycles. The number of nitrogens with zero attached hydrogens (tertiary/aromatic N) is 2. The van der Waals surface area contributed by atoms with Crippen LogP contribution in [0.5, 0.6) is 0 Å². The summed E-state index contributed by atoms with van der Waals surface area (Å²) < 4.78 is 0. The van der Waals surface area contributed by atoms with E-state index in [2.05, 4.69) is 180 Å². The van der Waals surface area contributed by atoms with Gasteiger partial charge in [0.1, 0.15) is 0 Å². The van der Waals surface area contributed by atoms with E-state index in [-0.39, 0.29) is 0 Å². The molecule has 0 spiro atoms. The minimum absolute atomic E-state index is 0.725. The standard InChI is InChI=1S/C46H34N4/c1-5-17-31(18-6-1)43-41(44(48-47-43)32-19-7-2-8-20-32)29-39-35-25-13-15-27-37(35)40(38-28-16-14-26-36(38)39)30-42-45(33-21-9-3-10-22-33)49-50-46(42)34-23-11-4-12-24-34/h1-28H,29-30H2,(H,47,48)(H,49,50). The zero-order valence-corrected chi connectivity index (χ0v) is 27.5. The average Bonchev–Trinajstić information content (AvgIpc) is 3.82. The highest BCUT2D eigenvalue weighted by Crippen LogP contribution is 2.41. The molecule has 0 bridgehead atoms. The van der Waals surface area contributed by atoms with Crippen LogP contribution in [0.25, 0.3) is 66.6 Å². The first-order chi connectivity index (χ1) is 24.8. The van der Waals surface area contributed by atoms with E-state index in [1.807, 2.05) is 0 Å². The predicted octanol–water partition coefficient (Wildman–Crippen LogP) is 11.3. The fraction of sp³-hybridized carbons (Fsp3) is 0.0435. The van der Waals surface area contributed by atoms with E-state index in [0.29, 0.717) is 0 Å². The Bertz CT molecular complexity index is 2220. The molecule has 0 radical (unpaired) electrons. The van der Waals surface area contributed by atoms with Gasteiger partial charge in [-0.05, 0) is 43.8 Å². The number of aromatic nitrogens is 4. The number of hydrogen-bond acceptors (Lipinski definition) is 2. The van der Waals surface area contributed by atoms with E-state index in [1.54, 1.807) is 0 Å². The predicted molar refractivity (Wildman–Crippen MR) is 206 cm³/mol. The molecule has 2 N–H and O–H groups in total. The molecule has 0 aliphatic carbocycles. The number of benzene rings is 7. The summed E-state index contributed by atoms with van der Waals surface area (Å²) in [5.74, 6) is 0. The number of fused-ring (bicyclic) bond motifs is 2. The lowest BCUT2D eigenvalue weighted by Gasteiger charge is -2.18. The fourth-order valence-corrected chi connectivity index (χ4v) is 7.47. The SMILES string of the molecule is c1ccc(-c2n[nH]c(-c3ccccc3)c2Cc2c3ccccc3c(Cc3c(-c4ccccc4)n[nH]c3-c3ccccc3)c3ccccc23)cc1. The molecule has 4 nitrogen and oxygen atoms in total. The molecular formula is C46H34N4. The van der Waals surface area contributed by atoms with E-state index in [1.165, 1.54) is 43.8 Å². The number of H-pyrrole nitrogens is 2. The summed E-state index contributed by atoms with van der Waals surface area (Å²) in [6.45, 7) is 0. The van der Waals surface area contributed by atoms with Gasteiger partial charge in [-0.15, -0.1) is 0 Å². The third-order valence-corrected chi connectivity index (χ3v) is 9.82. The highest BCUT2D eigenvalue weighted by Gasteiger charge is 2.23. The van der Waals surface area contributed by atoms with Gasteiger partial charge in [0.05, 0.1) is 22.8 Å². The van der Waals surface area contributed by atoms with Gasteiger partial charge in [-0.1, -0.05) is 170 Å². The summed E-state index contributed by atoms with van der Waals surface area (Å²) in [4.78, 5) is 0. The summed E-state index contributed by atoms with van der Waals surface area (Å²) in [5, 5.41) is 21.7. The van der Waals surface area contributed by atoms with E-state index in [0.717, 1.165) is 57.9 Å². The Hall–Kier alpha value is -6.52. The second-order valence-electron chi connectivity index (χ2n) is 12.7. The smallest absolute Gasteiger partial charge is 0.0962 e. The highest BCUT2D eigenvalue weighted by molar-refractivity contribution is 6.06. The van der Waals surface area contributed by atoms with Crippen molar-refractivity contribution in [1.29, 1.82) is 0 Å². The van der Waals surface area contributed by atoms with Crippen LogP contribution in [0.15, 0.2) is 170 Å². The Morgan fingerprint density at radius 1 is 0.300 bits per heavy atom. The third kappa shape index (κ3) is 5.28. The largest absolute Gasteiger partial charge is 0.277 e. The Morgan fingerprint density at radius 2 is 0.580 bits per heavy atom. The van der Waals surface area contributed by atoms with Crippen molar-refractivity contribution in [2.75, 3.05) is 0 Å². The highest BCUT2D eigenvalue weighted by atomic mass is 15.1. The molecule has 0 aliphatic rings. The molecule has 0 fully saturated rings. The van der Waals surface area contributed by atoms with Crippen molar-refractivity contribution in [1.82, 2.24) is 20.4 Å². The molecular weight excluding hydrogens is 609 g/mol. The second kappa shape index (κ2) is 12.8. The Labute approximate surface area is 291 Å². The molecule has 0 saturated carbocycles. The van der Waals surface area contributed by atoms with Gasteiger partial charge in [-0.25, -0.2) is 0 Å². The summed E-state index contributed by atoms with van der Waals surface area (Å²) in [6, 6.07) is 59.9. The van der Waals surface area contributed by atoms with E-state index in [4.69, 9.17) is 10.2 Å². The number of aromatic amines is 2. The van der Waals surface area contributed by atoms with Gasteiger partial charge in [0, 0.05) is 35.1 Å². The van der Waals surface area contributed by atoms with E-state index >= 15 is 0 Å². The summed E-state index contributed by atoms with van der Waals surface area (Å²) in [7, 11) is 0. The van der Waals surface area contributed by atoms with Gasteiger partial charge in [-0.2, -0.15) is 10.2 Å². The number of hydrogen-bond donors (Lipinski definition) is 2. The fourth-order valence-electron chi connectivity index (χ4n) is 7.47. The Kier molecular flexibility index (Phi) is 7.60. The van der Waals surface area contributed by atoms with Crippen LogP contribution >= 0.6 is 0 Å². The summed E-state index contributed by atoms with van der Waals surface area (Å²) in [5.41, 5.74) is 13.5. The topological polar surface area (TPSA) is 57.4 Å². The zero-order chi connectivity index (χ0) is 33.3. The van der Waals surface area contributed by atoms with Gasteiger partial charge in [0.2, 0.25) is 0 Å². The van der Waals surface area contributed by atoms with Crippen molar-refractivity contribution in [3.05, 3.63) is 192 Å². The van der Waals surface area contributed by atoms with E-state index in [9.17, 15) is 0 Å². The molecule has 0 atom stereocenters. The molecule has 50 heavy (non-hydrogen) atoms. The van der Waals surface area contributed by atoms with Gasteiger partial charge in [0.25, 0.3) is 0 Å². The summed E-state index contributed by atoms with van der Waals surface area (Å²) in [6.07, 6.45) is 1.45. The maximum atomic E-state index is 4.93. The van der Waals surface area contributed by atoms with Gasteiger partial charge in [-0.3, -0.25) is 10.2 Å². The minimum atomic E-state index is 0.725. The van der Waals surface area contributed by atoms with Crippen molar-refractivity contribution in [2.24, 2.45) is 0 Å². The normalized spacial score (nSPS) is 11.4. The molecule has 4 heteroatoms. The molecule has 0 unspecified atom stereocenters. The van der Waals surface area contributed by atoms with E-state index < -0.39 is 0 Å². The van der Waals surface area contributed by atoms with Crippen molar-refractivity contribution < 1.29 is 0 Å². The van der Waals surface area contributed by atoms with Gasteiger partial charge < -0.3 is 0 Å². The second-order valence-corrected chi connectivity index (χ2v) is 12.7. The first-order valence-corrected chi connectivity index (χ1v) is 17.1. The van der Waals surface area contributed by atoms with Gasteiger partial charge in [0.15, 0.2) is 0 Å². The first-order valence-electron chi connectivity index (χ1n) is 17.1. The van der Waals surface area contributed by atoms with Crippen LogP contribution in [-0.4, -0.2) is 20.4 Å². The number of rotatable bonds is 8. The zero-order valence-electron chi connectivity index (χ0n) is 27.5. The van der Waals surface area contributed by atoms with Crippen molar-refractivity contribution >= 4 is 21.5 Å². The monoisotopic (exact) mass is 642 g/mol. The van der Waals surface area contributed by atoms with Gasteiger partial charge >= 0.3 is 0 Å². The van der Waals surface area contributed by atoms with Crippen molar-refractivity contribution in [2.45, 2.75) is 12.8 Å². The first kappa shape index (κ1) is 29.6. The van der Waals surface area contributed by atoms with Crippen molar-refractivity contribution in [3.63, 3.8) is 0 Å². The lowest BCUT2D eigenvalue weighted by atomic mass is 9.85. The minimum Gasteiger partial charge on any atom is -0.277 e. The van der Waals surface area contributed by atoms with Crippen LogP contribution in [0, 0.1) is 0 Å². The van der Waals surface area contributed by atoms with Crippen LogP contribution < -0.4 is 0 Å². The lowest BCUT2D eigenvalue weighted by Crippen LogP contribution is -2.01. The molecule has 0 saturated heterocycles. The quantitative estimate of drug-likeness (QED) is 0.162. The molecule has 0 amide bonds. The van der Waals surface area contributed by atoms with Crippen LogP contribution in [0.3, 0.4) is 0 Å². The number of nitrogens with one attached hydrogen (secondary N) is 2. The van der Waals surface area contributed by atoms with Crippen LogP contribution in [0.2, 0.25) is 0 Å². The lowest BCUT2D eigenvalue weighted by molar-refractivity contribution is 1.10. The average molecular weight is 643 g/mol. The molecule has 9 rings (SSSR count). The van der Waals surface area contributed by atoms with Crippen molar-refractivity contribution in [3.8, 4) is 45.0 Å². The van der Waals surface area contributed by atoms with Crippen LogP contribution in [0.4, 0.5) is 0 Å². The maximum absolute atomic E-state index is 4.93. The maximum Gasteiger partial charge on any atom is 0.0962 e. The molecule has 2 aromatic heterocycles.